The van der Waals surface area contributed by atoms with Gasteiger partial charge in [-0.2, -0.15) is 0 Å². The Morgan fingerprint density at radius 1 is 1.03 bits per heavy atom. The Morgan fingerprint density at radius 2 is 1.84 bits per heavy atom. The zero-order valence-corrected chi connectivity index (χ0v) is 17.9. The van der Waals surface area contributed by atoms with Crippen molar-refractivity contribution in [3.05, 3.63) is 89.5 Å². The predicted octanol–water partition coefficient (Wildman–Crippen LogP) is 4.21. The number of fused-ring (bicyclic) bond motifs is 1. The van der Waals surface area contributed by atoms with E-state index < -0.39 is 0 Å². The largest absolute Gasteiger partial charge is 0.343 e. The van der Waals surface area contributed by atoms with Crippen molar-refractivity contribution in [1.82, 2.24) is 15.3 Å². The summed E-state index contributed by atoms with van der Waals surface area (Å²) >= 11 is 1.52. The molecule has 2 amide bonds. The number of hydrogen-bond donors (Lipinski definition) is 3. The molecule has 0 aliphatic heterocycles. The number of thioether (sulfide) groups is 1. The Balaban J connectivity index is 1.36. The zero-order chi connectivity index (χ0) is 22.3. The van der Waals surface area contributed by atoms with Crippen LogP contribution < -0.4 is 10.6 Å². The van der Waals surface area contributed by atoms with Crippen LogP contribution in [0.5, 0.6) is 0 Å². The quantitative estimate of drug-likeness (QED) is 0.297. The smallest absolute Gasteiger partial charge is 0.252 e. The van der Waals surface area contributed by atoms with Crippen molar-refractivity contribution < 1.29 is 9.59 Å². The van der Waals surface area contributed by atoms with Gasteiger partial charge in [-0.05, 0) is 42.0 Å². The summed E-state index contributed by atoms with van der Waals surface area (Å²) in [6.45, 7) is -0.149. The molecule has 0 atom stereocenters. The molecule has 0 spiro atoms. The van der Waals surface area contributed by atoms with Gasteiger partial charge in [0.25, 0.3) is 5.91 Å². The van der Waals surface area contributed by atoms with Gasteiger partial charge in [-0.1, -0.05) is 54.1 Å². The van der Waals surface area contributed by atoms with Gasteiger partial charge < -0.3 is 15.6 Å². The number of imidazole rings is 1. The molecule has 7 heteroatoms. The first-order valence-electron chi connectivity index (χ1n) is 9.92. The highest BCUT2D eigenvalue weighted by atomic mass is 32.2. The van der Waals surface area contributed by atoms with Gasteiger partial charge in [-0.3, -0.25) is 9.59 Å². The first-order chi connectivity index (χ1) is 15.6. The third-order valence-electron chi connectivity index (χ3n) is 4.72. The van der Waals surface area contributed by atoms with Gasteiger partial charge in [-0.25, -0.2) is 4.98 Å². The van der Waals surface area contributed by atoms with Crippen LogP contribution in [-0.4, -0.2) is 28.3 Å². The third-order valence-corrected chi connectivity index (χ3v) is 5.64. The number of carbonyl (C=O) groups excluding carboxylic acids is 2. The van der Waals surface area contributed by atoms with Crippen LogP contribution in [-0.2, 0) is 10.5 Å². The fraction of sp³-hybridized carbons (Fsp3) is 0.0800. The van der Waals surface area contributed by atoms with Gasteiger partial charge in [0.15, 0.2) is 5.16 Å². The Hall–Kier alpha value is -4.02. The molecular weight excluding hydrogens is 420 g/mol. The number of anilines is 1. The molecule has 158 valence electrons. The van der Waals surface area contributed by atoms with Crippen molar-refractivity contribution in [2.45, 2.75) is 10.9 Å². The van der Waals surface area contributed by atoms with E-state index in [1.54, 1.807) is 36.4 Å². The van der Waals surface area contributed by atoms with Crippen molar-refractivity contribution in [2.24, 2.45) is 0 Å². The molecule has 1 heterocycles. The van der Waals surface area contributed by atoms with E-state index in [1.165, 1.54) is 11.8 Å². The van der Waals surface area contributed by atoms with E-state index >= 15 is 0 Å². The predicted molar refractivity (Wildman–Crippen MR) is 127 cm³/mol. The SMILES string of the molecule is C#Cc1cccc(NC(=O)CNC(=O)c2ccccc2CSc2nc3ccccc3[nH]2)c1. The second-order valence-corrected chi connectivity index (χ2v) is 7.92. The lowest BCUT2D eigenvalue weighted by atomic mass is 10.1. The summed E-state index contributed by atoms with van der Waals surface area (Å²) in [7, 11) is 0. The fourth-order valence-electron chi connectivity index (χ4n) is 3.16. The van der Waals surface area contributed by atoms with Crippen LogP contribution in [0, 0.1) is 12.3 Å². The number of nitrogens with zero attached hydrogens (tertiary/aromatic N) is 1. The number of para-hydroxylation sites is 2. The van der Waals surface area contributed by atoms with Gasteiger partial charge in [-0.15, -0.1) is 6.42 Å². The lowest BCUT2D eigenvalue weighted by molar-refractivity contribution is -0.115. The van der Waals surface area contributed by atoms with Crippen LogP contribution in [0.4, 0.5) is 5.69 Å². The standard InChI is InChI=1S/C25H20N4O2S/c1-2-17-8-7-10-19(14-17)27-23(30)15-26-24(31)20-11-4-3-9-18(20)16-32-25-28-21-12-5-6-13-22(21)29-25/h1,3-14H,15-16H2,(H,26,31)(H,27,30)(H,28,29). The van der Waals surface area contributed by atoms with E-state index in [0.29, 0.717) is 22.6 Å². The summed E-state index contributed by atoms with van der Waals surface area (Å²) in [5, 5.41) is 6.20. The number of rotatable bonds is 7. The minimum absolute atomic E-state index is 0.149. The maximum atomic E-state index is 12.7. The van der Waals surface area contributed by atoms with Gasteiger partial charge >= 0.3 is 0 Å². The van der Waals surface area contributed by atoms with E-state index in [2.05, 4.69) is 26.5 Å². The molecule has 0 radical (unpaired) electrons. The van der Waals surface area contributed by atoms with Gasteiger partial charge in [0.05, 0.1) is 17.6 Å². The van der Waals surface area contributed by atoms with Crippen molar-refractivity contribution in [2.75, 3.05) is 11.9 Å². The number of amides is 2. The van der Waals surface area contributed by atoms with Crippen molar-refractivity contribution in [3.63, 3.8) is 0 Å². The maximum Gasteiger partial charge on any atom is 0.252 e. The monoisotopic (exact) mass is 440 g/mol. The van der Waals surface area contributed by atoms with Crippen LogP contribution in [0.2, 0.25) is 0 Å². The number of carbonyl (C=O) groups is 2. The summed E-state index contributed by atoms with van der Waals surface area (Å²) < 4.78 is 0. The lowest BCUT2D eigenvalue weighted by Crippen LogP contribution is -2.33. The highest BCUT2D eigenvalue weighted by Crippen LogP contribution is 2.24. The molecule has 0 aliphatic rings. The van der Waals surface area contributed by atoms with E-state index in [0.717, 1.165) is 21.8 Å². The minimum Gasteiger partial charge on any atom is -0.343 e. The highest BCUT2D eigenvalue weighted by Gasteiger charge is 2.13. The van der Waals surface area contributed by atoms with Crippen LogP contribution in [0.15, 0.2) is 78.0 Å². The Bertz CT molecular complexity index is 1290. The van der Waals surface area contributed by atoms with Crippen molar-refractivity contribution in [1.29, 1.82) is 0 Å². The first-order valence-corrected chi connectivity index (χ1v) is 10.9. The Morgan fingerprint density at radius 3 is 2.69 bits per heavy atom. The van der Waals surface area contributed by atoms with Gasteiger partial charge in [0.1, 0.15) is 0 Å². The van der Waals surface area contributed by atoms with Crippen LogP contribution in [0.3, 0.4) is 0 Å². The van der Waals surface area contributed by atoms with E-state index in [4.69, 9.17) is 6.42 Å². The molecule has 0 saturated carbocycles. The molecule has 0 unspecified atom stereocenters. The Labute approximate surface area is 189 Å². The highest BCUT2D eigenvalue weighted by molar-refractivity contribution is 7.98. The second kappa shape index (κ2) is 9.86. The third kappa shape index (κ3) is 5.17. The molecule has 0 bridgehead atoms. The first kappa shape index (κ1) is 21.2. The summed E-state index contributed by atoms with van der Waals surface area (Å²) in [5.41, 5.74) is 4.51. The average Bonchev–Trinajstić information content (AvgIpc) is 3.24. The fourth-order valence-corrected chi connectivity index (χ4v) is 4.05. The number of aromatic nitrogens is 2. The lowest BCUT2D eigenvalue weighted by Gasteiger charge is -2.10. The topological polar surface area (TPSA) is 86.9 Å². The number of benzene rings is 3. The van der Waals surface area contributed by atoms with Crippen LogP contribution in [0.25, 0.3) is 11.0 Å². The molecule has 1 aromatic heterocycles. The second-order valence-electron chi connectivity index (χ2n) is 6.96. The maximum absolute atomic E-state index is 12.7. The van der Waals surface area contributed by atoms with Crippen molar-refractivity contribution in [3.8, 4) is 12.3 Å². The van der Waals surface area contributed by atoms with Crippen molar-refractivity contribution >= 4 is 40.3 Å². The van der Waals surface area contributed by atoms with Crippen LogP contribution >= 0.6 is 11.8 Å². The number of aromatic amines is 1. The minimum atomic E-state index is -0.332. The van der Waals surface area contributed by atoms with E-state index in [9.17, 15) is 9.59 Å². The number of hydrogen-bond acceptors (Lipinski definition) is 4. The molecule has 32 heavy (non-hydrogen) atoms. The molecule has 4 rings (SSSR count). The molecule has 3 N–H and O–H groups in total. The molecule has 3 aromatic carbocycles. The molecule has 0 saturated heterocycles. The number of terminal acetylenes is 1. The normalized spacial score (nSPS) is 10.5. The van der Waals surface area contributed by atoms with E-state index in [-0.39, 0.29) is 18.4 Å². The average molecular weight is 441 g/mol. The van der Waals surface area contributed by atoms with Gasteiger partial charge in [0.2, 0.25) is 5.91 Å². The summed E-state index contributed by atoms with van der Waals surface area (Å²) in [6, 6.07) is 22.1. The number of H-pyrrole nitrogens is 1. The molecule has 6 nitrogen and oxygen atoms in total. The molecular formula is C25H20N4O2S. The summed E-state index contributed by atoms with van der Waals surface area (Å²) in [4.78, 5) is 32.8. The number of nitrogens with one attached hydrogen (secondary N) is 3. The summed E-state index contributed by atoms with van der Waals surface area (Å²) in [5.74, 6) is 2.45. The molecule has 0 fully saturated rings. The summed E-state index contributed by atoms with van der Waals surface area (Å²) in [6.07, 6.45) is 5.38. The van der Waals surface area contributed by atoms with Crippen LogP contribution in [0.1, 0.15) is 21.5 Å². The molecule has 0 aliphatic carbocycles. The molecule has 4 aromatic rings. The Kier molecular flexibility index (Phi) is 6.54. The zero-order valence-electron chi connectivity index (χ0n) is 17.1. The van der Waals surface area contributed by atoms with E-state index in [1.807, 2.05) is 36.4 Å². The van der Waals surface area contributed by atoms with Gasteiger partial charge in [0, 0.05) is 22.6 Å².